The maximum absolute atomic E-state index is 12.6. The second kappa shape index (κ2) is 4.62. The molecule has 1 aliphatic rings. The summed E-state index contributed by atoms with van der Waals surface area (Å²) in [5.41, 5.74) is 2.00. The van der Waals surface area contributed by atoms with Crippen LogP contribution in [-0.2, 0) is 0 Å². The molecule has 0 fully saturated rings. The monoisotopic (exact) mass is 332 g/mol. The molecule has 0 aliphatic heterocycles. The molecule has 0 unspecified atom stereocenters. The van der Waals surface area contributed by atoms with E-state index in [0.717, 1.165) is 9.37 Å². The van der Waals surface area contributed by atoms with E-state index in [4.69, 9.17) is 0 Å². The molecule has 2 aromatic carbocycles. The molecule has 0 radical (unpaired) electrons. The Bertz CT molecular complexity index is 722. The first-order chi connectivity index (χ1) is 9.13. The van der Waals surface area contributed by atoms with Crippen molar-refractivity contribution in [2.75, 3.05) is 6.26 Å². The van der Waals surface area contributed by atoms with Crippen LogP contribution in [0.5, 0.6) is 0 Å². The minimum absolute atomic E-state index is 0.0675. The number of benzene rings is 2. The maximum Gasteiger partial charge on any atom is 0.195 e. The molecule has 0 N–H and O–H groups in total. The molecule has 4 heteroatoms. The summed E-state index contributed by atoms with van der Waals surface area (Å²) in [7, 11) is 0. The van der Waals surface area contributed by atoms with E-state index in [2.05, 4.69) is 15.9 Å². The zero-order valence-corrected chi connectivity index (χ0v) is 12.5. The summed E-state index contributed by atoms with van der Waals surface area (Å²) in [6, 6.07) is 10.6. The number of fused-ring (bicyclic) bond motifs is 2. The van der Waals surface area contributed by atoms with Crippen LogP contribution in [0, 0.1) is 0 Å². The second-order valence-electron chi connectivity index (χ2n) is 4.23. The highest BCUT2D eigenvalue weighted by molar-refractivity contribution is 9.10. The van der Waals surface area contributed by atoms with Gasteiger partial charge in [-0.25, -0.2) is 0 Å². The SMILES string of the molecule is CSc1cc(Br)cc2c1C(=O)c1ccccc1C2=O. The van der Waals surface area contributed by atoms with Crippen LogP contribution in [0.25, 0.3) is 0 Å². The van der Waals surface area contributed by atoms with Crippen molar-refractivity contribution in [2.24, 2.45) is 0 Å². The van der Waals surface area contributed by atoms with Crippen LogP contribution in [0.15, 0.2) is 45.8 Å². The van der Waals surface area contributed by atoms with E-state index in [1.807, 2.05) is 12.3 Å². The second-order valence-corrected chi connectivity index (χ2v) is 6.00. The Morgan fingerprint density at radius 3 is 2.21 bits per heavy atom. The van der Waals surface area contributed by atoms with Crippen LogP contribution in [0.2, 0.25) is 0 Å². The van der Waals surface area contributed by atoms with Gasteiger partial charge in [-0.05, 0) is 18.4 Å². The highest BCUT2D eigenvalue weighted by atomic mass is 79.9. The van der Waals surface area contributed by atoms with E-state index >= 15 is 0 Å². The highest BCUT2D eigenvalue weighted by Gasteiger charge is 2.31. The van der Waals surface area contributed by atoms with Crippen molar-refractivity contribution in [1.29, 1.82) is 0 Å². The molecule has 19 heavy (non-hydrogen) atoms. The Kier molecular flexibility index (Phi) is 3.07. The topological polar surface area (TPSA) is 34.1 Å². The van der Waals surface area contributed by atoms with E-state index in [1.165, 1.54) is 11.8 Å². The average Bonchev–Trinajstić information content (AvgIpc) is 2.43. The zero-order chi connectivity index (χ0) is 13.6. The summed E-state index contributed by atoms with van der Waals surface area (Å²) in [4.78, 5) is 25.9. The Balaban J connectivity index is 2.36. The Hall–Kier alpha value is -1.39. The third-order valence-electron chi connectivity index (χ3n) is 3.17. The van der Waals surface area contributed by atoms with Crippen LogP contribution in [0.3, 0.4) is 0 Å². The maximum atomic E-state index is 12.6. The van der Waals surface area contributed by atoms with Gasteiger partial charge in [-0.15, -0.1) is 11.8 Å². The van der Waals surface area contributed by atoms with Crippen molar-refractivity contribution in [3.63, 3.8) is 0 Å². The van der Waals surface area contributed by atoms with Crippen molar-refractivity contribution in [1.82, 2.24) is 0 Å². The third-order valence-corrected chi connectivity index (χ3v) is 4.39. The van der Waals surface area contributed by atoms with E-state index in [9.17, 15) is 9.59 Å². The van der Waals surface area contributed by atoms with E-state index in [0.29, 0.717) is 22.3 Å². The number of rotatable bonds is 1. The first kappa shape index (κ1) is 12.6. The van der Waals surface area contributed by atoms with Gasteiger partial charge in [-0.2, -0.15) is 0 Å². The number of ketones is 2. The van der Waals surface area contributed by atoms with Gasteiger partial charge in [0.2, 0.25) is 0 Å². The lowest BCUT2D eigenvalue weighted by Gasteiger charge is -2.19. The van der Waals surface area contributed by atoms with Gasteiger partial charge in [-0.3, -0.25) is 9.59 Å². The first-order valence-corrected chi connectivity index (χ1v) is 7.71. The summed E-state index contributed by atoms with van der Waals surface area (Å²) in [6.07, 6.45) is 1.90. The minimum atomic E-state index is -0.0817. The molecule has 0 saturated heterocycles. The van der Waals surface area contributed by atoms with Gasteiger partial charge in [-0.1, -0.05) is 40.2 Å². The average molecular weight is 333 g/mol. The molecular formula is C15H9BrO2S. The van der Waals surface area contributed by atoms with Crippen LogP contribution in [0.1, 0.15) is 31.8 Å². The largest absolute Gasteiger partial charge is 0.289 e. The molecule has 0 bridgehead atoms. The highest BCUT2D eigenvalue weighted by Crippen LogP contribution is 2.35. The first-order valence-electron chi connectivity index (χ1n) is 5.69. The number of hydrogen-bond donors (Lipinski definition) is 0. The lowest BCUT2D eigenvalue weighted by atomic mass is 9.84. The number of hydrogen-bond acceptors (Lipinski definition) is 3. The summed E-state index contributed by atoms with van der Waals surface area (Å²) in [6.45, 7) is 0. The smallest absolute Gasteiger partial charge is 0.195 e. The van der Waals surface area contributed by atoms with Gasteiger partial charge < -0.3 is 0 Å². The lowest BCUT2D eigenvalue weighted by Crippen LogP contribution is -2.21. The fraction of sp³-hybridized carbons (Fsp3) is 0.0667. The normalized spacial score (nSPS) is 13.2. The number of carbonyl (C=O) groups excluding carboxylic acids is 2. The van der Waals surface area contributed by atoms with Crippen molar-refractivity contribution >= 4 is 39.3 Å². The molecule has 0 amide bonds. The van der Waals surface area contributed by atoms with E-state index < -0.39 is 0 Å². The van der Waals surface area contributed by atoms with Gasteiger partial charge in [0, 0.05) is 31.6 Å². The predicted molar refractivity (Wildman–Crippen MR) is 79.2 cm³/mol. The molecule has 0 atom stereocenters. The van der Waals surface area contributed by atoms with Gasteiger partial charge in [0.25, 0.3) is 0 Å². The molecule has 94 valence electrons. The van der Waals surface area contributed by atoms with Crippen LogP contribution < -0.4 is 0 Å². The summed E-state index contributed by atoms with van der Waals surface area (Å²) in [5, 5.41) is 0. The van der Waals surface area contributed by atoms with Crippen molar-refractivity contribution < 1.29 is 9.59 Å². The molecule has 0 aromatic heterocycles. The quantitative estimate of drug-likeness (QED) is 0.633. The molecule has 0 spiro atoms. The molecule has 0 heterocycles. The fourth-order valence-electron chi connectivity index (χ4n) is 2.32. The summed E-state index contributed by atoms with van der Waals surface area (Å²) in [5.74, 6) is -0.149. The van der Waals surface area contributed by atoms with Crippen LogP contribution in [-0.4, -0.2) is 17.8 Å². The Morgan fingerprint density at radius 2 is 1.58 bits per heavy atom. The number of halogens is 1. The number of thioether (sulfide) groups is 1. The van der Waals surface area contributed by atoms with Crippen molar-refractivity contribution in [2.45, 2.75) is 4.90 Å². The standard InChI is InChI=1S/C15H9BrO2S/c1-19-12-7-8(16)6-11-13(12)15(18)10-5-3-2-4-9(10)14(11)17/h2-7H,1H3. The minimum Gasteiger partial charge on any atom is -0.289 e. The molecule has 1 aliphatic carbocycles. The molecule has 3 rings (SSSR count). The fourth-order valence-corrected chi connectivity index (χ4v) is 3.58. The Morgan fingerprint density at radius 1 is 0.947 bits per heavy atom. The molecular weight excluding hydrogens is 324 g/mol. The van der Waals surface area contributed by atoms with Crippen molar-refractivity contribution in [3.8, 4) is 0 Å². The third kappa shape index (κ3) is 1.86. The van der Waals surface area contributed by atoms with Gasteiger partial charge in [0.15, 0.2) is 11.6 Å². The van der Waals surface area contributed by atoms with Gasteiger partial charge in [0.1, 0.15) is 0 Å². The zero-order valence-electron chi connectivity index (χ0n) is 10.1. The molecule has 2 nitrogen and oxygen atoms in total. The van der Waals surface area contributed by atoms with E-state index in [1.54, 1.807) is 30.3 Å². The molecule has 2 aromatic rings. The molecule has 0 saturated carbocycles. The predicted octanol–water partition coefficient (Wildman–Crippen LogP) is 3.95. The van der Waals surface area contributed by atoms with E-state index in [-0.39, 0.29) is 11.6 Å². The summed E-state index contributed by atoms with van der Waals surface area (Å²) < 4.78 is 0.816. The van der Waals surface area contributed by atoms with Gasteiger partial charge in [0.05, 0.1) is 0 Å². The number of carbonyl (C=O) groups is 2. The van der Waals surface area contributed by atoms with Crippen LogP contribution in [0.4, 0.5) is 0 Å². The summed E-state index contributed by atoms with van der Waals surface area (Å²) >= 11 is 4.87. The van der Waals surface area contributed by atoms with Crippen molar-refractivity contribution in [3.05, 3.63) is 63.1 Å². The Labute approximate surface area is 123 Å². The lowest BCUT2D eigenvalue weighted by molar-refractivity contribution is 0.0977. The van der Waals surface area contributed by atoms with Crippen LogP contribution >= 0.6 is 27.7 Å². The van der Waals surface area contributed by atoms with Gasteiger partial charge >= 0.3 is 0 Å².